The molecule has 2 rings (SSSR count). The number of hydrogen-bond donors (Lipinski definition) is 2. The summed E-state index contributed by atoms with van der Waals surface area (Å²) in [6.45, 7) is 0. The van der Waals surface area contributed by atoms with E-state index in [4.69, 9.17) is 17.4 Å². The minimum Gasteiger partial charge on any atom is -0.271 e. The number of rotatable bonds is 3. The van der Waals surface area contributed by atoms with Crippen molar-refractivity contribution in [3.63, 3.8) is 0 Å². The zero-order valence-corrected chi connectivity index (χ0v) is 12.9. The van der Waals surface area contributed by atoms with Crippen LogP contribution in [0, 0.1) is 0 Å². The number of nitrogens with two attached hydrogens (primary N) is 1. The highest BCUT2D eigenvalue weighted by molar-refractivity contribution is 9.10. The molecule has 0 fully saturated rings. The average Bonchev–Trinajstić information content (AvgIpc) is 2.41. The van der Waals surface area contributed by atoms with Crippen LogP contribution in [0.1, 0.15) is 22.7 Å². The van der Waals surface area contributed by atoms with Gasteiger partial charge in [-0.15, -0.1) is 0 Å². The molecular formula is C14H11BrClF3N2. The van der Waals surface area contributed by atoms with Crippen LogP contribution >= 0.6 is 27.5 Å². The molecule has 0 bridgehead atoms. The van der Waals surface area contributed by atoms with Gasteiger partial charge in [-0.1, -0.05) is 51.8 Å². The molecule has 3 N–H and O–H groups in total. The van der Waals surface area contributed by atoms with E-state index < -0.39 is 17.8 Å². The first-order valence-electron chi connectivity index (χ1n) is 5.91. The van der Waals surface area contributed by atoms with Crippen molar-refractivity contribution in [1.82, 2.24) is 5.43 Å². The second-order valence-electron chi connectivity index (χ2n) is 4.35. The van der Waals surface area contributed by atoms with Crippen molar-refractivity contribution >= 4 is 27.5 Å². The van der Waals surface area contributed by atoms with Crippen molar-refractivity contribution in [2.75, 3.05) is 0 Å². The van der Waals surface area contributed by atoms with Crippen molar-refractivity contribution in [3.8, 4) is 0 Å². The first kappa shape index (κ1) is 16.3. The number of hydrogen-bond acceptors (Lipinski definition) is 2. The smallest absolute Gasteiger partial charge is 0.271 e. The Balaban J connectivity index is 2.57. The van der Waals surface area contributed by atoms with E-state index in [1.54, 1.807) is 24.3 Å². The van der Waals surface area contributed by atoms with E-state index in [0.717, 1.165) is 6.07 Å². The van der Waals surface area contributed by atoms with Crippen LogP contribution < -0.4 is 11.3 Å². The van der Waals surface area contributed by atoms with Crippen LogP contribution in [0.2, 0.25) is 5.02 Å². The number of halogens is 5. The van der Waals surface area contributed by atoms with Gasteiger partial charge in [-0.3, -0.25) is 5.84 Å². The highest BCUT2D eigenvalue weighted by atomic mass is 79.9. The molecule has 2 nitrogen and oxygen atoms in total. The molecule has 0 aliphatic carbocycles. The van der Waals surface area contributed by atoms with Crippen LogP contribution in [-0.2, 0) is 6.18 Å². The summed E-state index contributed by atoms with van der Waals surface area (Å²) in [6.07, 6.45) is -4.45. The third-order valence-corrected chi connectivity index (χ3v) is 3.94. The quantitative estimate of drug-likeness (QED) is 0.600. The zero-order chi connectivity index (χ0) is 15.6. The largest absolute Gasteiger partial charge is 0.416 e. The molecule has 0 spiro atoms. The number of hydrazine groups is 1. The van der Waals surface area contributed by atoms with Gasteiger partial charge in [0.2, 0.25) is 0 Å². The Hall–Kier alpha value is -1.08. The van der Waals surface area contributed by atoms with Crippen LogP contribution in [0.3, 0.4) is 0 Å². The fourth-order valence-corrected chi connectivity index (χ4v) is 3.00. The zero-order valence-electron chi connectivity index (χ0n) is 10.6. The monoisotopic (exact) mass is 378 g/mol. The maximum Gasteiger partial charge on any atom is 0.416 e. The Labute approximate surface area is 133 Å². The molecule has 1 atom stereocenters. The molecule has 21 heavy (non-hydrogen) atoms. The van der Waals surface area contributed by atoms with Crippen molar-refractivity contribution < 1.29 is 13.2 Å². The topological polar surface area (TPSA) is 38.0 Å². The van der Waals surface area contributed by atoms with Crippen molar-refractivity contribution in [2.24, 2.45) is 5.84 Å². The molecule has 1 unspecified atom stereocenters. The van der Waals surface area contributed by atoms with Crippen LogP contribution in [0.4, 0.5) is 13.2 Å². The Bertz CT molecular complexity index is 646. The van der Waals surface area contributed by atoms with E-state index in [1.807, 2.05) is 0 Å². The maximum absolute atomic E-state index is 13.1. The Kier molecular flexibility index (Phi) is 4.93. The van der Waals surface area contributed by atoms with Crippen LogP contribution in [-0.4, -0.2) is 0 Å². The van der Waals surface area contributed by atoms with Gasteiger partial charge in [0, 0.05) is 9.50 Å². The van der Waals surface area contributed by atoms with Gasteiger partial charge in [0.25, 0.3) is 0 Å². The average molecular weight is 380 g/mol. The minimum absolute atomic E-state index is 0.0514. The Morgan fingerprint density at radius 1 is 1.10 bits per heavy atom. The molecule has 0 saturated carbocycles. The third-order valence-electron chi connectivity index (χ3n) is 3.02. The van der Waals surface area contributed by atoms with E-state index in [-0.39, 0.29) is 5.56 Å². The van der Waals surface area contributed by atoms with E-state index in [2.05, 4.69) is 21.4 Å². The summed E-state index contributed by atoms with van der Waals surface area (Å²) >= 11 is 9.15. The van der Waals surface area contributed by atoms with E-state index >= 15 is 0 Å². The first-order chi connectivity index (χ1) is 9.84. The van der Waals surface area contributed by atoms with Gasteiger partial charge >= 0.3 is 6.18 Å². The lowest BCUT2D eigenvalue weighted by molar-refractivity contribution is -0.138. The van der Waals surface area contributed by atoms with Crippen LogP contribution in [0.5, 0.6) is 0 Å². The second-order valence-corrected chi connectivity index (χ2v) is 5.64. The molecule has 0 aliphatic heterocycles. The molecule has 0 saturated heterocycles. The van der Waals surface area contributed by atoms with Gasteiger partial charge in [0.15, 0.2) is 0 Å². The lowest BCUT2D eigenvalue weighted by Gasteiger charge is -2.22. The van der Waals surface area contributed by atoms with Gasteiger partial charge in [-0.2, -0.15) is 13.2 Å². The normalized spacial score (nSPS) is 13.2. The number of nitrogens with one attached hydrogen (secondary N) is 1. The lowest BCUT2D eigenvalue weighted by atomic mass is 9.94. The van der Waals surface area contributed by atoms with Gasteiger partial charge in [0.1, 0.15) is 0 Å². The van der Waals surface area contributed by atoms with Crippen LogP contribution in [0.15, 0.2) is 46.9 Å². The predicted molar refractivity (Wildman–Crippen MR) is 79.8 cm³/mol. The minimum atomic E-state index is -4.45. The molecular weight excluding hydrogens is 369 g/mol. The maximum atomic E-state index is 13.1. The molecule has 2 aromatic rings. The van der Waals surface area contributed by atoms with Gasteiger partial charge in [-0.25, -0.2) is 5.43 Å². The summed E-state index contributed by atoms with van der Waals surface area (Å²) in [5, 5.41) is 0.477. The summed E-state index contributed by atoms with van der Waals surface area (Å²) in [7, 11) is 0. The lowest BCUT2D eigenvalue weighted by Crippen LogP contribution is -2.30. The molecule has 0 aromatic heterocycles. The third kappa shape index (κ3) is 3.58. The standard InChI is InChI=1S/C14H11BrClF3N2/c15-12-7-8(16)5-6-10(12)13(21-20)9-3-1-2-4-11(9)14(17,18)19/h1-7,13,21H,20H2. The highest BCUT2D eigenvalue weighted by Crippen LogP contribution is 2.38. The summed E-state index contributed by atoms with van der Waals surface area (Å²) < 4.78 is 40.0. The van der Waals surface area contributed by atoms with Gasteiger partial charge in [-0.05, 0) is 29.3 Å². The molecule has 7 heteroatoms. The second kappa shape index (κ2) is 6.36. The fourth-order valence-electron chi connectivity index (χ4n) is 2.09. The van der Waals surface area contributed by atoms with Crippen molar-refractivity contribution in [2.45, 2.75) is 12.2 Å². The first-order valence-corrected chi connectivity index (χ1v) is 7.09. The van der Waals surface area contributed by atoms with Gasteiger partial charge < -0.3 is 0 Å². The molecule has 0 aliphatic rings. The van der Waals surface area contributed by atoms with Crippen molar-refractivity contribution in [1.29, 1.82) is 0 Å². The van der Waals surface area contributed by atoms with E-state index in [1.165, 1.54) is 12.1 Å². The Morgan fingerprint density at radius 3 is 2.33 bits per heavy atom. The van der Waals surface area contributed by atoms with E-state index in [9.17, 15) is 13.2 Å². The molecule has 112 valence electrons. The van der Waals surface area contributed by atoms with Crippen LogP contribution in [0.25, 0.3) is 0 Å². The number of benzene rings is 2. The molecule has 0 radical (unpaired) electrons. The Morgan fingerprint density at radius 2 is 1.76 bits per heavy atom. The summed E-state index contributed by atoms with van der Waals surface area (Å²) in [5.74, 6) is 5.48. The SMILES string of the molecule is NNC(c1ccc(Cl)cc1Br)c1ccccc1C(F)(F)F. The highest BCUT2D eigenvalue weighted by Gasteiger charge is 2.35. The summed E-state index contributed by atoms with van der Waals surface area (Å²) in [6, 6.07) is 9.34. The van der Waals surface area contributed by atoms with E-state index in [0.29, 0.717) is 15.1 Å². The predicted octanol–water partition coefficient (Wildman–Crippen LogP) is 4.67. The molecule has 0 heterocycles. The van der Waals surface area contributed by atoms with Gasteiger partial charge in [0.05, 0.1) is 11.6 Å². The molecule has 0 amide bonds. The summed E-state index contributed by atoms with van der Waals surface area (Å²) in [4.78, 5) is 0. The number of alkyl halides is 3. The fraction of sp³-hybridized carbons (Fsp3) is 0.143. The molecule has 2 aromatic carbocycles. The van der Waals surface area contributed by atoms with Crippen molar-refractivity contribution in [3.05, 3.63) is 68.7 Å². The summed E-state index contributed by atoms with van der Waals surface area (Å²) in [5.41, 5.74) is 2.33.